The van der Waals surface area contributed by atoms with Crippen molar-refractivity contribution in [2.45, 2.75) is 81.2 Å². The monoisotopic (exact) mass is 394 g/mol. The van der Waals surface area contributed by atoms with Crippen LogP contribution in [0.25, 0.3) is 0 Å². The Balaban J connectivity index is 1.78. The molecule has 2 aliphatic rings. The molecule has 2 saturated carbocycles. The first-order valence-electron chi connectivity index (χ1n) is 10.0. The maximum Gasteiger partial charge on any atom is 0.251 e. The van der Waals surface area contributed by atoms with Crippen molar-refractivity contribution >= 4 is 15.9 Å². The number of ether oxygens (including phenoxy) is 1. The largest absolute Gasteiger partial charge is 0.495 e. The van der Waals surface area contributed by atoms with Gasteiger partial charge >= 0.3 is 0 Å². The molecule has 0 bridgehead atoms. The summed E-state index contributed by atoms with van der Waals surface area (Å²) < 4.78 is 33.9. The first-order chi connectivity index (χ1) is 13.0. The van der Waals surface area contributed by atoms with Gasteiger partial charge in [-0.3, -0.25) is 4.79 Å². The fourth-order valence-electron chi connectivity index (χ4n) is 4.05. The third-order valence-corrected chi connectivity index (χ3v) is 7.12. The molecule has 3 rings (SSSR count). The van der Waals surface area contributed by atoms with Gasteiger partial charge in [-0.1, -0.05) is 38.5 Å². The van der Waals surface area contributed by atoms with Crippen molar-refractivity contribution in [3.8, 4) is 5.75 Å². The van der Waals surface area contributed by atoms with Crippen LogP contribution in [0.3, 0.4) is 0 Å². The molecule has 0 radical (unpaired) electrons. The molecule has 0 saturated heterocycles. The lowest BCUT2D eigenvalue weighted by atomic mass is 9.95. The standard InChI is InChI=1S/C20H30N2O4S/c1-26-18-13-12-15(20(23)21-16-8-4-2-5-9-16)14-19(18)27(24,25)22-17-10-6-3-7-11-17/h12-14,16-17,22H,2-11H2,1H3,(H,21,23). The average Bonchev–Trinajstić information content (AvgIpc) is 2.68. The van der Waals surface area contributed by atoms with Gasteiger partial charge in [-0.25, -0.2) is 13.1 Å². The molecule has 2 aliphatic carbocycles. The van der Waals surface area contributed by atoms with Gasteiger partial charge in [0.25, 0.3) is 5.91 Å². The Morgan fingerprint density at radius 2 is 1.56 bits per heavy atom. The van der Waals surface area contributed by atoms with Crippen LogP contribution in [0.1, 0.15) is 74.6 Å². The van der Waals surface area contributed by atoms with Gasteiger partial charge < -0.3 is 10.1 Å². The molecule has 150 valence electrons. The minimum absolute atomic E-state index is 0.0341. The molecular formula is C20H30N2O4S. The summed E-state index contributed by atoms with van der Waals surface area (Å²) in [6.07, 6.45) is 10.3. The van der Waals surface area contributed by atoms with Gasteiger partial charge in [-0.15, -0.1) is 0 Å². The summed E-state index contributed by atoms with van der Waals surface area (Å²) in [6.45, 7) is 0. The number of carbonyl (C=O) groups excluding carboxylic acids is 1. The van der Waals surface area contributed by atoms with Gasteiger partial charge in [0.2, 0.25) is 10.0 Å². The molecule has 1 aromatic rings. The van der Waals surface area contributed by atoms with Crippen LogP contribution in [0.2, 0.25) is 0 Å². The summed E-state index contributed by atoms with van der Waals surface area (Å²) in [5.41, 5.74) is 0.352. The zero-order chi connectivity index (χ0) is 19.3. The zero-order valence-electron chi connectivity index (χ0n) is 16.0. The molecule has 0 heterocycles. The smallest absolute Gasteiger partial charge is 0.251 e. The van der Waals surface area contributed by atoms with Crippen molar-refractivity contribution < 1.29 is 17.9 Å². The highest BCUT2D eigenvalue weighted by Gasteiger charge is 2.26. The molecule has 0 unspecified atom stereocenters. The lowest BCUT2D eigenvalue weighted by Crippen LogP contribution is -2.37. The Hall–Kier alpha value is -1.60. The van der Waals surface area contributed by atoms with Crippen molar-refractivity contribution in [2.75, 3.05) is 7.11 Å². The summed E-state index contributed by atoms with van der Waals surface area (Å²) in [6, 6.07) is 4.74. The van der Waals surface area contributed by atoms with E-state index in [1.54, 1.807) is 12.1 Å². The number of benzene rings is 1. The van der Waals surface area contributed by atoms with E-state index < -0.39 is 10.0 Å². The average molecular weight is 395 g/mol. The number of amides is 1. The summed E-state index contributed by atoms with van der Waals surface area (Å²) >= 11 is 0. The number of carbonyl (C=O) groups is 1. The second-order valence-corrected chi connectivity index (χ2v) is 9.31. The van der Waals surface area contributed by atoms with Gasteiger partial charge in [-0.2, -0.15) is 0 Å². The third-order valence-electron chi connectivity index (χ3n) is 5.58. The van der Waals surface area contributed by atoms with Crippen molar-refractivity contribution in [1.82, 2.24) is 10.0 Å². The zero-order valence-corrected chi connectivity index (χ0v) is 16.8. The van der Waals surface area contributed by atoms with Crippen LogP contribution in [-0.2, 0) is 10.0 Å². The molecule has 1 amide bonds. The lowest BCUT2D eigenvalue weighted by molar-refractivity contribution is 0.0927. The van der Waals surface area contributed by atoms with E-state index in [1.165, 1.54) is 19.6 Å². The summed E-state index contributed by atoms with van der Waals surface area (Å²) in [7, 11) is -2.31. The Kier molecular flexibility index (Phi) is 6.76. The van der Waals surface area contributed by atoms with E-state index in [0.717, 1.165) is 57.8 Å². The summed E-state index contributed by atoms with van der Waals surface area (Å²) in [5.74, 6) is 0.0335. The third kappa shape index (κ3) is 5.23. The van der Waals surface area contributed by atoms with E-state index in [1.807, 2.05) is 0 Å². The molecule has 6 nitrogen and oxygen atoms in total. The fraction of sp³-hybridized carbons (Fsp3) is 0.650. The lowest BCUT2D eigenvalue weighted by Gasteiger charge is -2.24. The van der Waals surface area contributed by atoms with Crippen molar-refractivity contribution in [2.24, 2.45) is 0 Å². The molecular weight excluding hydrogens is 364 g/mol. The molecule has 1 aromatic carbocycles. The van der Waals surface area contributed by atoms with Gasteiger partial charge in [0.05, 0.1) is 7.11 Å². The topological polar surface area (TPSA) is 84.5 Å². The Bertz CT molecular complexity index is 751. The first kappa shape index (κ1) is 20.1. The highest BCUT2D eigenvalue weighted by molar-refractivity contribution is 7.89. The Morgan fingerprint density at radius 3 is 2.15 bits per heavy atom. The van der Waals surface area contributed by atoms with E-state index >= 15 is 0 Å². The van der Waals surface area contributed by atoms with Crippen LogP contribution in [0, 0.1) is 0 Å². The normalized spacial score (nSPS) is 19.6. The van der Waals surface area contributed by atoms with Gasteiger partial charge in [0.1, 0.15) is 10.6 Å². The maximum atomic E-state index is 12.9. The summed E-state index contributed by atoms with van der Waals surface area (Å²) in [5, 5.41) is 3.04. The predicted molar refractivity (Wildman–Crippen MR) is 105 cm³/mol. The molecule has 2 N–H and O–H groups in total. The van der Waals surface area contributed by atoms with Crippen molar-refractivity contribution in [3.63, 3.8) is 0 Å². The summed E-state index contributed by atoms with van der Waals surface area (Å²) in [4.78, 5) is 12.6. The minimum atomic E-state index is -3.75. The van der Waals surface area contributed by atoms with Crippen LogP contribution in [0.5, 0.6) is 5.75 Å². The highest BCUT2D eigenvalue weighted by Crippen LogP contribution is 2.27. The maximum absolute atomic E-state index is 12.9. The molecule has 0 atom stereocenters. The van der Waals surface area contributed by atoms with Gasteiger partial charge in [0, 0.05) is 17.6 Å². The number of methoxy groups -OCH3 is 1. The molecule has 0 aliphatic heterocycles. The number of hydrogen-bond acceptors (Lipinski definition) is 4. The SMILES string of the molecule is COc1ccc(C(=O)NC2CCCCC2)cc1S(=O)(=O)NC1CCCCC1. The second kappa shape index (κ2) is 9.06. The van der Waals surface area contributed by atoms with Crippen molar-refractivity contribution in [1.29, 1.82) is 0 Å². The Morgan fingerprint density at radius 1 is 0.963 bits per heavy atom. The van der Waals surface area contributed by atoms with E-state index in [0.29, 0.717) is 5.56 Å². The number of hydrogen-bond donors (Lipinski definition) is 2. The Labute approximate surface area is 162 Å². The predicted octanol–water partition coefficient (Wildman–Crippen LogP) is 3.37. The molecule has 2 fully saturated rings. The molecule has 7 heteroatoms. The molecule has 0 aromatic heterocycles. The van der Waals surface area contributed by atoms with Crippen LogP contribution in [-0.4, -0.2) is 33.5 Å². The fourth-order valence-corrected chi connectivity index (χ4v) is 5.55. The quantitative estimate of drug-likeness (QED) is 0.775. The van der Waals surface area contributed by atoms with Gasteiger partial charge in [0.15, 0.2) is 0 Å². The van der Waals surface area contributed by atoms with E-state index in [2.05, 4.69) is 10.0 Å². The van der Waals surface area contributed by atoms with Crippen LogP contribution < -0.4 is 14.8 Å². The highest BCUT2D eigenvalue weighted by atomic mass is 32.2. The molecule has 0 spiro atoms. The molecule has 27 heavy (non-hydrogen) atoms. The number of sulfonamides is 1. The van der Waals surface area contributed by atoms with Crippen LogP contribution in [0.15, 0.2) is 23.1 Å². The van der Waals surface area contributed by atoms with Crippen LogP contribution in [0.4, 0.5) is 0 Å². The van der Waals surface area contributed by atoms with Gasteiger partial charge in [-0.05, 0) is 43.9 Å². The number of nitrogens with one attached hydrogen (secondary N) is 2. The minimum Gasteiger partial charge on any atom is -0.495 e. The van der Waals surface area contributed by atoms with Crippen LogP contribution >= 0.6 is 0 Å². The van der Waals surface area contributed by atoms with E-state index in [-0.39, 0.29) is 28.6 Å². The second-order valence-electron chi connectivity index (χ2n) is 7.63. The van der Waals surface area contributed by atoms with E-state index in [9.17, 15) is 13.2 Å². The van der Waals surface area contributed by atoms with E-state index in [4.69, 9.17) is 4.74 Å². The van der Waals surface area contributed by atoms with Crippen molar-refractivity contribution in [3.05, 3.63) is 23.8 Å². The number of rotatable bonds is 6. The first-order valence-corrected chi connectivity index (χ1v) is 11.5.